The molecule has 0 saturated carbocycles. The van der Waals surface area contributed by atoms with Gasteiger partial charge in [-0.2, -0.15) is 5.10 Å². The molecule has 0 radical (unpaired) electrons. The minimum atomic E-state index is -0.331. The first-order valence-electron chi connectivity index (χ1n) is 10.6. The number of benzene rings is 1. The Kier molecular flexibility index (Phi) is 6.05. The fourth-order valence-corrected chi connectivity index (χ4v) is 4.21. The fourth-order valence-electron chi connectivity index (χ4n) is 4.06. The van der Waals surface area contributed by atoms with Gasteiger partial charge in [0.05, 0.1) is 22.8 Å². The van der Waals surface area contributed by atoms with Gasteiger partial charge in [0, 0.05) is 18.2 Å². The van der Waals surface area contributed by atoms with Crippen LogP contribution in [0.3, 0.4) is 0 Å². The van der Waals surface area contributed by atoms with Crippen molar-refractivity contribution in [3.05, 3.63) is 73.8 Å². The number of nitrogens with zero attached hydrogens (tertiary/aromatic N) is 4. The third-order valence-electron chi connectivity index (χ3n) is 5.68. The maximum Gasteiger partial charge on any atom is 0.196 e. The number of hydrogen-bond donors (Lipinski definition) is 3. The monoisotopic (exact) mass is 480 g/mol. The van der Waals surface area contributed by atoms with Crippen LogP contribution in [0.4, 0.5) is 5.69 Å². The Bertz CT molecular complexity index is 1510. The van der Waals surface area contributed by atoms with Crippen molar-refractivity contribution >= 4 is 34.1 Å². The molecule has 0 aliphatic heterocycles. The number of hydrogen-bond acceptors (Lipinski definition) is 7. The zero-order chi connectivity index (χ0) is 24.7. The predicted molar refractivity (Wildman–Crippen MR) is 133 cm³/mol. The average Bonchev–Trinajstić information content (AvgIpc) is 3.14. The Balaban J connectivity index is 1.90. The standard InChI is InChI=1S/C24H25ClN6O3/c1-11-8-15(14(4)27-17-6-7-19(25)28-20(17)24(26)30-33)23-16(9-11)21(32)13(3)22(34-23)18-10-12(2)29-31(18)5/h6-10,14,27,33H,1-5H3,(H2,26,30)/t14-/m1/s1. The van der Waals surface area contributed by atoms with E-state index in [-0.39, 0.29) is 28.2 Å². The highest BCUT2D eigenvalue weighted by Gasteiger charge is 2.21. The third-order valence-corrected chi connectivity index (χ3v) is 5.89. The molecule has 0 unspecified atom stereocenters. The summed E-state index contributed by atoms with van der Waals surface area (Å²) in [6, 6.07) is 8.64. The number of aryl methyl sites for hydroxylation is 3. The maximum atomic E-state index is 13.4. The van der Waals surface area contributed by atoms with Gasteiger partial charge in [-0.3, -0.25) is 9.48 Å². The summed E-state index contributed by atoms with van der Waals surface area (Å²) in [5.74, 6) is 0.297. The van der Waals surface area contributed by atoms with Crippen LogP contribution in [0.15, 0.2) is 44.7 Å². The Hall–Kier alpha value is -3.85. The lowest BCUT2D eigenvalue weighted by Crippen LogP contribution is -2.19. The highest BCUT2D eigenvalue weighted by molar-refractivity contribution is 6.29. The van der Waals surface area contributed by atoms with Crippen LogP contribution in [-0.2, 0) is 7.05 Å². The van der Waals surface area contributed by atoms with Crippen molar-refractivity contribution in [1.82, 2.24) is 14.8 Å². The molecule has 0 amide bonds. The molecule has 34 heavy (non-hydrogen) atoms. The first kappa shape index (κ1) is 23.3. The van der Waals surface area contributed by atoms with E-state index >= 15 is 0 Å². The summed E-state index contributed by atoms with van der Waals surface area (Å²) in [5, 5.41) is 20.6. The van der Waals surface area contributed by atoms with E-state index < -0.39 is 0 Å². The van der Waals surface area contributed by atoms with Crippen LogP contribution in [0, 0.1) is 20.8 Å². The van der Waals surface area contributed by atoms with E-state index in [1.54, 1.807) is 23.7 Å². The van der Waals surface area contributed by atoms with E-state index in [2.05, 4.69) is 20.6 Å². The van der Waals surface area contributed by atoms with Crippen LogP contribution >= 0.6 is 11.6 Å². The number of anilines is 1. The van der Waals surface area contributed by atoms with Crippen LogP contribution in [-0.4, -0.2) is 25.8 Å². The number of nitrogens with one attached hydrogen (secondary N) is 1. The number of pyridine rings is 1. The molecule has 3 aromatic heterocycles. The molecule has 1 atom stereocenters. The summed E-state index contributed by atoms with van der Waals surface area (Å²) in [6.45, 7) is 7.49. The number of rotatable bonds is 5. The van der Waals surface area contributed by atoms with Gasteiger partial charge in [-0.05, 0) is 57.5 Å². The molecule has 176 valence electrons. The number of aromatic nitrogens is 3. The maximum absolute atomic E-state index is 13.4. The highest BCUT2D eigenvalue weighted by atomic mass is 35.5. The third kappa shape index (κ3) is 4.10. The van der Waals surface area contributed by atoms with E-state index in [9.17, 15) is 4.79 Å². The van der Waals surface area contributed by atoms with Crippen molar-refractivity contribution in [2.75, 3.05) is 5.32 Å². The molecule has 4 aromatic rings. The Labute approximate surface area is 200 Å². The van der Waals surface area contributed by atoms with Crippen molar-refractivity contribution in [2.24, 2.45) is 17.9 Å². The summed E-state index contributed by atoms with van der Waals surface area (Å²) in [7, 11) is 1.81. The van der Waals surface area contributed by atoms with Gasteiger partial charge in [0.2, 0.25) is 0 Å². The van der Waals surface area contributed by atoms with Gasteiger partial charge in [-0.1, -0.05) is 22.8 Å². The zero-order valence-electron chi connectivity index (χ0n) is 19.5. The summed E-state index contributed by atoms with van der Waals surface area (Å²) >= 11 is 6.00. The lowest BCUT2D eigenvalue weighted by molar-refractivity contribution is 0.318. The molecule has 0 spiro atoms. The summed E-state index contributed by atoms with van der Waals surface area (Å²) < 4.78 is 8.09. The Morgan fingerprint density at radius 1 is 1.26 bits per heavy atom. The van der Waals surface area contributed by atoms with Crippen LogP contribution in [0.2, 0.25) is 5.15 Å². The second-order valence-corrected chi connectivity index (χ2v) is 8.68. The smallest absolute Gasteiger partial charge is 0.196 e. The lowest BCUT2D eigenvalue weighted by atomic mass is 9.99. The fraction of sp³-hybridized carbons (Fsp3) is 0.250. The highest BCUT2D eigenvalue weighted by Crippen LogP contribution is 2.32. The number of halogens is 1. The van der Waals surface area contributed by atoms with Crippen molar-refractivity contribution < 1.29 is 9.62 Å². The number of fused-ring (bicyclic) bond motifs is 1. The molecule has 0 bridgehead atoms. The average molecular weight is 481 g/mol. The minimum absolute atomic E-state index is 0.0993. The molecule has 0 aliphatic carbocycles. The van der Waals surface area contributed by atoms with Crippen LogP contribution in [0.1, 0.15) is 41.0 Å². The van der Waals surface area contributed by atoms with Crippen molar-refractivity contribution in [2.45, 2.75) is 33.7 Å². The first-order valence-corrected chi connectivity index (χ1v) is 11.0. The number of amidine groups is 1. The molecule has 4 rings (SSSR count). The van der Waals surface area contributed by atoms with Crippen LogP contribution < -0.4 is 16.5 Å². The molecule has 9 nitrogen and oxygen atoms in total. The number of oxime groups is 1. The van der Waals surface area contributed by atoms with E-state index in [0.717, 1.165) is 22.5 Å². The summed E-state index contributed by atoms with van der Waals surface area (Å²) in [6.07, 6.45) is 0. The van der Waals surface area contributed by atoms with Gasteiger partial charge >= 0.3 is 0 Å². The molecule has 3 heterocycles. The molecule has 0 fully saturated rings. The molecule has 0 saturated heterocycles. The van der Waals surface area contributed by atoms with Crippen LogP contribution in [0.5, 0.6) is 0 Å². The van der Waals surface area contributed by atoms with Gasteiger partial charge < -0.3 is 20.7 Å². The van der Waals surface area contributed by atoms with E-state index in [1.165, 1.54) is 0 Å². The zero-order valence-corrected chi connectivity index (χ0v) is 20.2. The van der Waals surface area contributed by atoms with E-state index in [1.807, 2.05) is 46.0 Å². The second-order valence-electron chi connectivity index (χ2n) is 8.29. The number of nitrogens with two attached hydrogens (primary N) is 1. The van der Waals surface area contributed by atoms with E-state index in [0.29, 0.717) is 28.0 Å². The molecule has 0 aliphatic rings. The normalized spacial score (nSPS) is 12.8. The van der Waals surface area contributed by atoms with Crippen molar-refractivity contribution in [3.8, 4) is 11.5 Å². The van der Waals surface area contributed by atoms with Gasteiger partial charge in [-0.25, -0.2) is 4.98 Å². The molecular weight excluding hydrogens is 456 g/mol. The molecule has 4 N–H and O–H groups in total. The van der Waals surface area contributed by atoms with Gasteiger partial charge in [0.25, 0.3) is 0 Å². The summed E-state index contributed by atoms with van der Waals surface area (Å²) in [5.41, 5.74) is 10.6. The Morgan fingerprint density at radius 2 is 2.00 bits per heavy atom. The van der Waals surface area contributed by atoms with Crippen molar-refractivity contribution in [3.63, 3.8) is 0 Å². The summed E-state index contributed by atoms with van der Waals surface area (Å²) in [4.78, 5) is 17.5. The van der Waals surface area contributed by atoms with Gasteiger partial charge in [0.1, 0.15) is 22.1 Å². The lowest BCUT2D eigenvalue weighted by Gasteiger charge is -2.20. The molecule has 10 heteroatoms. The Morgan fingerprint density at radius 3 is 2.65 bits per heavy atom. The predicted octanol–water partition coefficient (Wildman–Crippen LogP) is 4.43. The SMILES string of the molecule is Cc1cc([C@@H](C)Nc2ccc(Cl)nc2/C(N)=N/O)c2oc(-c3cc(C)nn3C)c(C)c(=O)c2c1. The van der Waals surface area contributed by atoms with E-state index in [4.69, 9.17) is 27.0 Å². The molecule has 1 aromatic carbocycles. The topological polar surface area (TPSA) is 132 Å². The van der Waals surface area contributed by atoms with Crippen molar-refractivity contribution in [1.29, 1.82) is 0 Å². The largest absolute Gasteiger partial charge is 0.454 e. The minimum Gasteiger partial charge on any atom is -0.454 e. The quantitative estimate of drug-likeness (QED) is 0.126. The van der Waals surface area contributed by atoms with Crippen LogP contribution in [0.25, 0.3) is 22.4 Å². The second kappa shape index (κ2) is 8.83. The van der Waals surface area contributed by atoms with Gasteiger partial charge in [-0.15, -0.1) is 0 Å². The molecular formula is C24H25ClN6O3. The van der Waals surface area contributed by atoms with Gasteiger partial charge in [0.15, 0.2) is 17.0 Å². The first-order chi connectivity index (χ1) is 16.1.